The molecule has 0 spiro atoms. The van der Waals surface area contributed by atoms with Crippen LogP contribution in [-0.2, 0) is 0 Å². The first-order chi connectivity index (χ1) is 7.47. The highest BCUT2D eigenvalue weighted by molar-refractivity contribution is 9.09. The van der Waals surface area contributed by atoms with E-state index in [1.807, 2.05) is 26.0 Å². The molecule has 2 unspecified atom stereocenters. The molecular weight excluding hydrogens is 270 g/mol. The Hall–Kier alpha value is -0.580. The summed E-state index contributed by atoms with van der Waals surface area (Å²) in [6.07, 6.45) is -1.22. The molecule has 0 bridgehead atoms. The Morgan fingerprint density at radius 1 is 1.31 bits per heavy atom. The van der Waals surface area contributed by atoms with E-state index in [1.54, 1.807) is 0 Å². The van der Waals surface area contributed by atoms with Crippen LogP contribution in [-0.4, -0.2) is 21.6 Å². The second kappa shape index (κ2) is 5.66. The van der Waals surface area contributed by atoms with E-state index < -0.39 is 12.2 Å². The lowest BCUT2D eigenvalue weighted by atomic mass is 9.96. The van der Waals surface area contributed by atoms with Gasteiger partial charge in [0.15, 0.2) is 0 Å². The average Bonchev–Trinajstić information content (AvgIpc) is 2.22. The van der Waals surface area contributed by atoms with Gasteiger partial charge in [-0.1, -0.05) is 33.6 Å². The number of nitrogen functional groups attached to an aromatic ring is 1. The van der Waals surface area contributed by atoms with Crippen LogP contribution in [0.3, 0.4) is 0 Å². The standard InChI is InChI=1S/C12H18BrNO2/c1-7-5-8(2)11(14)9(6-7)12(16)10(15)3-4-13/h5-6,10,12,15-16H,3-4,14H2,1-2H3. The second-order valence-electron chi connectivity index (χ2n) is 4.07. The average molecular weight is 288 g/mol. The number of aliphatic hydroxyl groups excluding tert-OH is 2. The molecule has 0 saturated heterocycles. The highest BCUT2D eigenvalue weighted by atomic mass is 79.9. The number of benzene rings is 1. The van der Waals surface area contributed by atoms with Gasteiger partial charge in [-0.05, 0) is 25.8 Å². The molecule has 1 aromatic carbocycles. The molecule has 4 heteroatoms. The predicted molar refractivity (Wildman–Crippen MR) is 69.7 cm³/mol. The van der Waals surface area contributed by atoms with Gasteiger partial charge in [0, 0.05) is 16.6 Å². The zero-order valence-corrected chi connectivity index (χ0v) is 11.2. The normalized spacial score (nSPS) is 14.8. The SMILES string of the molecule is Cc1cc(C)c(N)c(C(O)C(O)CCBr)c1. The maximum absolute atomic E-state index is 10.00. The Bertz CT molecular complexity index is 368. The molecule has 0 amide bonds. The Labute approximate surface area is 104 Å². The molecule has 1 rings (SSSR count). The fraction of sp³-hybridized carbons (Fsp3) is 0.500. The van der Waals surface area contributed by atoms with Gasteiger partial charge in [0.1, 0.15) is 6.10 Å². The number of alkyl halides is 1. The first-order valence-corrected chi connectivity index (χ1v) is 6.38. The summed E-state index contributed by atoms with van der Waals surface area (Å²) in [4.78, 5) is 0. The van der Waals surface area contributed by atoms with Crippen LogP contribution in [0.2, 0.25) is 0 Å². The van der Waals surface area contributed by atoms with Crippen LogP contribution in [0, 0.1) is 13.8 Å². The van der Waals surface area contributed by atoms with Crippen LogP contribution < -0.4 is 5.73 Å². The molecule has 0 aliphatic carbocycles. The monoisotopic (exact) mass is 287 g/mol. The van der Waals surface area contributed by atoms with Gasteiger partial charge in [-0.2, -0.15) is 0 Å². The van der Waals surface area contributed by atoms with Crippen molar-refractivity contribution in [3.8, 4) is 0 Å². The number of halogens is 1. The summed E-state index contributed by atoms with van der Waals surface area (Å²) in [7, 11) is 0. The number of aryl methyl sites for hydroxylation is 2. The van der Waals surface area contributed by atoms with Crippen molar-refractivity contribution in [2.24, 2.45) is 0 Å². The highest BCUT2D eigenvalue weighted by Gasteiger charge is 2.20. The Morgan fingerprint density at radius 2 is 1.94 bits per heavy atom. The molecule has 0 aliphatic rings. The van der Waals surface area contributed by atoms with Gasteiger partial charge in [-0.25, -0.2) is 0 Å². The van der Waals surface area contributed by atoms with Crippen LogP contribution in [0.5, 0.6) is 0 Å². The summed E-state index contributed by atoms with van der Waals surface area (Å²) in [5.74, 6) is 0. The van der Waals surface area contributed by atoms with Crippen LogP contribution >= 0.6 is 15.9 Å². The van der Waals surface area contributed by atoms with E-state index in [9.17, 15) is 10.2 Å². The molecule has 0 fully saturated rings. The summed E-state index contributed by atoms with van der Waals surface area (Å²) < 4.78 is 0. The van der Waals surface area contributed by atoms with E-state index >= 15 is 0 Å². The summed E-state index contributed by atoms with van der Waals surface area (Å²) >= 11 is 3.24. The van der Waals surface area contributed by atoms with Crippen LogP contribution in [0.1, 0.15) is 29.2 Å². The van der Waals surface area contributed by atoms with E-state index in [-0.39, 0.29) is 0 Å². The van der Waals surface area contributed by atoms with E-state index in [0.29, 0.717) is 23.0 Å². The molecule has 1 aromatic rings. The molecule has 16 heavy (non-hydrogen) atoms. The summed E-state index contributed by atoms with van der Waals surface area (Å²) in [5, 5.41) is 20.4. The van der Waals surface area contributed by atoms with Gasteiger partial charge in [0.2, 0.25) is 0 Å². The molecule has 0 aliphatic heterocycles. The zero-order chi connectivity index (χ0) is 12.3. The van der Waals surface area contributed by atoms with E-state index in [1.165, 1.54) is 0 Å². The van der Waals surface area contributed by atoms with Gasteiger partial charge in [0.05, 0.1) is 6.10 Å². The second-order valence-corrected chi connectivity index (χ2v) is 4.87. The largest absolute Gasteiger partial charge is 0.398 e. The smallest absolute Gasteiger partial charge is 0.107 e. The molecule has 0 heterocycles. The summed E-state index contributed by atoms with van der Waals surface area (Å²) in [6.45, 7) is 3.84. The Morgan fingerprint density at radius 3 is 2.50 bits per heavy atom. The molecular formula is C12H18BrNO2. The van der Waals surface area contributed by atoms with Gasteiger partial charge >= 0.3 is 0 Å². The molecule has 2 atom stereocenters. The summed E-state index contributed by atoms with van der Waals surface area (Å²) in [6, 6.07) is 3.78. The van der Waals surface area contributed by atoms with Crippen LogP contribution in [0.4, 0.5) is 5.69 Å². The van der Waals surface area contributed by atoms with Crippen molar-refractivity contribution in [1.29, 1.82) is 0 Å². The van der Waals surface area contributed by atoms with Crippen molar-refractivity contribution in [3.05, 3.63) is 28.8 Å². The van der Waals surface area contributed by atoms with Crippen molar-refractivity contribution in [2.45, 2.75) is 32.5 Å². The Kier molecular flexibility index (Phi) is 4.77. The van der Waals surface area contributed by atoms with Gasteiger partial charge < -0.3 is 15.9 Å². The minimum absolute atomic E-state index is 0.494. The van der Waals surface area contributed by atoms with Crippen molar-refractivity contribution in [3.63, 3.8) is 0 Å². The van der Waals surface area contributed by atoms with Gasteiger partial charge in [-0.15, -0.1) is 0 Å². The molecule has 90 valence electrons. The molecule has 0 radical (unpaired) electrons. The number of rotatable bonds is 4. The topological polar surface area (TPSA) is 66.5 Å². The fourth-order valence-corrected chi connectivity index (χ4v) is 2.20. The van der Waals surface area contributed by atoms with Gasteiger partial charge in [-0.3, -0.25) is 0 Å². The van der Waals surface area contributed by atoms with E-state index in [4.69, 9.17) is 5.73 Å². The number of aliphatic hydroxyl groups is 2. The Balaban J connectivity index is 3.03. The minimum atomic E-state index is -0.920. The first-order valence-electron chi connectivity index (χ1n) is 5.26. The summed E-state index contributed by atoms with van der Waals surface area (Å²) in [5.41, 5.74) is 9.05. The van der Waals surface area contributed by atoms with Crippen molar-refractivity contribution in [2.75, 3.05) is 11.1 Å². The van der Waals surface area contributed by atoms with Crippen molar-refractivity contribution < 1.29 is 10.2 Å². The lowest BCUT2D eigenvalue weighted by Gasteiger charge is -2.20. The minimum Gasteiger partial charge on any atom is -0.398 e. The number of hydrogen-bond acceptors (Lipinski definition) is 3. The predicted octanol–water partition coefficient (Wildman–Crippen LogP) is 2.06. The zero-order valence-electron chi connectivity index (χ0n) is 9.57. The number of anilines is 1. The van der Waals surface area contributed by atoms with Crippen LogP contribution in [0.25, 0.3) is 0 Å². The molecule has 0 saturated carbocycles. The third kappa shape index (κ3) is 2.97. The van der Waals surface area contributed by atoms with Crippen molar-refractivity contribution >= 4 is 21.6 Å². The maximum atomic E-state index is 10.00. The lowest BCUT2D eigenvalue weighted by Crippen LogP contribution is -2.20. The number of nitrogens with two attached hydrogens (primary N) is 1. The van der Waals surface area contributed by atoms with Gasteiger partial charge in [0.25, 0.3) is 0 Å². The lowest BCUT2D eigenvalue weighted by molar-refractivity contribution is 0.0177. The van der Waals surface area contributed by atoms with E-state index in [2.05, 4.69) is 15.9 Å². The molecule has 4 N–H and O–H groups in total. The fourth-order valence-electron chi connectivity index (χ4n) is 1.73. The quantitative estimate of drug-likeness (QED) is 0.587. The maximum Gasteiger partial charge on any atom is 0.107 e. The molecule has 0 aromatic heterocycles. The van der Waals surface area contributed by atoms with Crippen molar-refractivity contribution in [1.82, 2.24) is 0 Å². The van der Waals surface area contributed by atoms with E-state index in [0.717, 1.165) is 11.1 Å². The third-order valence-electron chi connectivity index (χ3n) is 2.65. The third-order valence-corrected chi connectivity index (χ3v) is 3.11. The highest BCUT2D eigenvalue weighted by Crippen LogP contribution is 2.28. The van der Waals surface area contributed by atoms with Crippen LogP contribution in [0.15, 0.2) is 12.1 Å². The first kappa shape index (κ1) is 13.5. The number of hydrogen-bond donors (Lipinski definition) is 3. The molecule has 3 nitrogen and oxygen atoms in total.